The van der Waals surface area contributed by atoms with Crippen LogP contribution in [0, 0.1) is 0 Å². The summed E-state index contributed by atoms with van der Waals surface area (Å²) < 4.78 is 33.6. The summed E-state index contributed by atoms with van der Waals surface area (Å²) in [5.74, 6) is -2.59. The molecule has 2 heterocycles. The van der Waals surface area contributed by atoms with Gasteiger partial charge in [0.25, 0.3) is 0 Å². The molecule has 0 unspecified atom stereocenters. The number of rotatable bonds is 10. The van der Waals surface area contributed by atoms with Crippen LogP contribution in [0.25, 0.3) is 0 Å². The van der Waals surface area contributed by atoms with E-state index in [0.29, 0.717) is 12.0 Å². The van der Waals surface area contributed by atoms with Crippen molar-refractivity contribution in [3.05, 3.63) is 53.1 Å². The molecule has 0 radical (unpaired) electrons. The molecule has 3 rings (SSSR count). The maximum Gasteiger partial charge on any atom is 0.303 e. The first-order valence-corrected chi connectivity index (χ1v) is 12.8. The second kappa shape index (κ2) is 13.7. The Labute approximate surface area is 232 Å². The molecule has 0 saturated carbocycles. The summed E-state index contributed by atoms with van der Waals surface area (Å²) in [6.45, 7) is 6.32. The van der Waals surface area contributed by atoms with E-state index in [1.54, 1.807) is 12.1 Å². The topological polar surface area (TPSA) is 163 Å². The quantitative estimate of drug-likeness (QED) is 0.335. The minimum atomic E-state index is -1.42. The van der Waals surface area contributed by atoms with Gasteiger partial charge in [-0.15, -0.1) is 0 Å². The molecule has 1 aliphatic rings. The fraction of sp³-hybridized carbons (Fsp3) is 0.464. The van der Waals surface area contributed by atoms with E-state index in [-0.39, 0.29) is 18.3 Å². The number of pyridine rings is 1. The van der Waals surface area contributed by atoms with Crippen molar-refractivity contribution in [2.45, 2.75) is 78.2 Å². The average molecular weight is 559 g/mol. The van der Waals surface area contributed by atoms with Gasteiger partial charge in [0, 0.05) is 39.7 Å². The molecule has 12 heteroatoms. The Morgan fingerprint density at radius 3 is 1.95 bits per heavy atom. The summed E-state index contributed by atoms with van der Waals surface area (Å²) in [4.78, 5) is 52.0. The van der Waals surface area contributed by atoms with Gasteiger partial charge in [0.1, 0.15) is 18.5 Å². The lowest BCUT2D eigenvalue weighted by Gasteiger charge is -2.43. The number of nitrogens with zero attached hydrogens (tertiary/aromatic N) is 1. The first kappa shape index (κ1) is 30.4. The van der Waals surface area contributed by atoms with Crippen LogP contribution in [-0.2, 0) is 55.7 Å². The van der Waals surface area contributed by atoms with Gasteiger partial charge in [0.15, 0.2) is 12.2 Å². The Kier molecular flexibility index (Phi) is 10.4. The molecule has 0 amide bonds. The Morgan fingerprint density at radius 1 is 0.800 bits per heavy atom. The molecular formula is C28H34N2O10. The van der Waals surface area contributed by atoms with E-state index in [4.69, 9.17) is 34.2 Å². The minimum absolute atomic E-state index is 0.0838. The number of aromatic nitrogens is 1. The largest absolute Gasteiger partial charge is 0.463 e. The zero-order valence-electron chi connectivity index (χ0n) is 23.1. The molecule has 5 atom stereocenters. The normalized spacial score (nSPS) is 22.1. The Hall–Kier alpha value is -4.19. The van der Waals surface area contributed by atoms with Crippen molar-refractivity contribution in [2.75, 3.05) is 12.3 Å². The predicted molar refractivity (Wildman–Crippen MR) is 140 cm³/mol. The lowest BCUT2D eigenvalue weighted by Crippen LogP contribution is -2.63. The molecule has 0 aliphatic carbocycles. The number of anilines is 1. The van der Waals surface area contributed by atoms with Crippen molar-refractivity contribution in [1.82, 2.24) is 4.98 Å². The Morgan fingerprint density at radius 2 is 1.38 bits per heavy atom. The van der Waals surface area contributed by atoms with E-state index >= 15 is 0 Å². The van der Waals surface area contributed by atoms with Gasteiger partial charge in [-0.3, -0.25) is 19.2 Å². The molecule has 1 aromatic heterocycles. The number of nitrogen functional groups attached to an aromatic ring is 1. The van der Waals surface area contributed by atoms with Gasteiger partial charge in [-0.1, -0.05) is 31.2 Å². The van der Waals surface area contributed by atoms with Gasteiger partial charge in [-0.25, -0.2) is 0 Å². The van der Waals surface area contributed by atoms with Crippen molar-refractivity contribution in [3.63, 3.8) is 0 Å². The SMILES string of the molecule is CCc1ccc(Cc2ccc(N)nc2O[C@@H]2O[C@H](COC(C)=O)[C@@H](OC(C)=O)[C@H](OC(C)=O)[C@H]2OC(C)=O)cc1. The monoisotopic (exact) mass is 558 g/mol. The third kappa shape index (κ3) is 8.40. The molecular weight excluding hydrogens is 524 g/mol. The Balaban J connectivity index is 2.01. The highest BCUT2D eigenvalue weighted by molar-refractivity contribution is 5.68. The minimum Gasteiger partial charge on any atom is -0.463 e. The van der Waals surface area contributed by atoms with Crippen molar-refractivity contribution in [3.8, 4) is 5.88 Å². The number of aryl methyl sites for hydroxylation is 1. The van der Waals surface area contributed by atoms with Crippen molar-refractivity contribution in [2.24, 2.45) is 0 Å². The van der Waals surface area contributed by atoms with E-state index in [2.05, 4.69) is 11.9 Å². The number of carbonyl (C=O) groups excluding carboxylic acids is 4. The molecule has 216 valence electrons. The maximum absolute atomic E-state index is 12.1. The molecule has 1 aromatic carbocycles. The number of ether oxygens (including phenoxy) is 6. The maximum atomic E-state index is 12.1. The van der Waals surface area contributed by atoms with Crippen LogP contribution in [0.2, 0.25) is 0 Å². The standard InChI is InChI=1S/C28H34N2O10/c1-6-19-7-9-20(10-8-19)13-21-11-12-23(29)30-27(21)40-28-26(38-18(5)34)25(37-17(4)33)24(36-16(3)32)22(39-28)14-35-15(2)31/h7-12,22,24-26,28H,6,13-14H2,1-5H3,(H2,29,30)/t22-,24-,25+,26-,28+/m1/s1. The second-order valence-electron chi connectivity index (χ2n) is 9.23. The predicted octanol–water partition coefficient (Wildman–Crippen LogP) is 2.28. The van der Waals surface area contributed by atoms with E-state index in [0.717, 1.165) is 32.8 Å². The number of hydrogen-bond acceptors (Lipinski definition) is 12. The summed E-state index contributed by atoms with van der Waals surface area (Å²) in [6, 6.07) is 11.4. The summed E-state index contributed by atoms with van der Waals surface area (Å²) in [6.07, 6.45) is -5.29. The van der Waals surface area contributed by atoms with Crippen molar-refractivity contribution < 1.29 is 47.6 Å². The molecule has 0 bridgehead atoms. The van der Waals surface area contributed by atoms with Crippen LogP contribution >= 0.6 is 0 Å². The number of nitrogens with two attached hydrogens (primary N) is 1. The summed E-state index contributed by atoms with van der Waals surface area (Å²) >= 11 is 0. The fourth-order valence-corrected chi connectivity index (χ4v) is 4.23. The highest BCUT2D eigenvalue weighted by atomic mass is 16.7. The van der Waals surface area contributed by atoms with E-state index in [1.807, 2.05) is 24.3 Å². The van der Waals surface area contributed by atoms with Crippen LogP contribution in [0.4, 0.5) is 5.82 Å². The van der Waals surface area contributed by atoms with Gasteiger partial charge in [-0.05, 0) is 29.7 Å². The average Bonchev–Trinajstić information content (AvgIpc) is 2.87. The molecule has 1 fully saturated rings. The van der Waals surface area contributed by atoms with Gasteiger partial charge in [0.05, 0.1) is 0 Å². The molecule has 12 nitrogen and oxygen atoms in total. The molecule has 40 heavy (non-hydrogen) atoms. The van der Waals surface area contributed by atoms with E-state index < -0.39 is 54.6 Å². The number of benzene rings is 1. The molecule has 2 N–H and O–H groups in total. The first-order valence-electron chi connectivity index (χ1n) is 12.8. The van der Waals surface area contributed by atoms with Crippen LogP contribution in [0.15, 0.2) is 36.4 Å². The van der Waals surface area contributed by atoms with Gasteiger partial charge in [0.2, 0.25) is 18.3 Å². The third-order valence-corrected chi connectivity index (χ3v) is 5.96. The van der Waals surface area contributed by atoms with Gasteiger partial charge < -0.3 is 34.2 Å². The summed E-state index contributed by atoms with van der Waals surface area (Å²) in [5.41, 5.74) is 8.77. The number of hydrogen-bond donors (Lipinski definition) is 1. The van der Waals surface area contributed by atoms with Crippen molar-refractivity contribution in [1.29, 1.82) is 0 Å². The summed E-state index contributed by atoms with van der Waals surface area (Å²) in [5, 5.41) is 0. The molecule has 0 spiro atoms. The van der Waals surface area contributed by atoms with E-state index in [9.17, 15) is 19.2 Å². The molecule has 1 saturated heterocycles. The third-order valence-electron chi connectivity index (χ3n) is 5.96. The van der Waals surface area contributed by atoms with Crippen LogP contribution in [0.5, 0.6) is 5.88 Å². The van der Waals surface area contributed by atoms with Crippen LogP contribution in [-0.4, -0.2) is 66.2 Å². The first-order chi connectivity index (χ1) is 19.0. The highest BCUT2D eigenvalue weighted by Crippen LogP contribution is 2.32. The lowest BCUT2D eigenvalue weighted by atomic mass is 9.98. The second-order valence-corrected chi connectivity index (χ2v) is 9.23. The highest BCUT2D eigenvalue weighted by Gasteiger charge is 2.53. The molecule has 2 aromatic rings. The van der Waals surface area contributed by atoms with Gasteiger partial charge in [-0.2, -0.15) is 4.98 Å². The van der Waals surface area contributed by atoms with Crippen LogP contribution in [0.3, 0.4) is 0 Å². The van der Waals surface area contributed by atoms with Crippen LogP contribution in [0.1, 0.15) is 51.3 Å². The van der Waals surface area contributed by atoms with Crippen molar-refractivity contribution >= 4 is 29.7 Å². The number of esters is 4. The fourth-order valence-electron chi connectivity index (χ4n) is 4.23. The lowest BCUT2D eigenvalue weighted by molar-refractivity contribution is -0.289. The smallest absolute Gasteiger partial charge is 0.303 e. The van der Waals surface area contributed by atoms with E-state index in [1.165, 1.54) is 12.5 Å². The zero-order valence-corrected chi connectivity index (χ0v) is 23.1. The van der Waals surface area contributed by atoms with Crippen LogP contribution < -0.4 is 10.5 Å². The zero-order chi connectivity index (χ0) is 29.4. The number of carbonyl (C=O) groups is 4. The Bertz CT molecular complexity index is 1220. The summed E-state index contributed by atoms with van der Waals surface area (Å²) in [7, 11) is 0. The molecule has 1 aliphatic heterocycles. The van der Waals surface area contributed by atoms with Gasteiger partial charge >= 0.3 is 23.9 Å².